The molecule has 1 N–H and O–H groups in total. The van der Waals surface area contributed by atoms with E-state index < -0.39 is 6.61 Å². The Bertz CT molecular complexity index is 952. The Morgan fingerprint density at radius 2 is 1.89 bits per heavy atom. The minimum Gasteiger partial charge on any atom is -0.435 e. The van der Waals surface area contributed by atoms with Crippen LogP contribution in [0.4, 0.5) is 14.6 Å². The molecule has 0 aliphatic heterocycles. The van der Waals surface area contributed by atoms with Crippen LogP contribution in [0.2, 0.25) is 0 Å². The number of benzene rings is 2. The third-order valence-corrected chi connectivity index (χ3v) is 3.94. The molecule has 28 heavy (non-hydrogen) atoms. The topological polar surface area (TPSA) is 56.1 Å². The Morgan fingerprint density at radius 3 is 2.57 bits per heavy atom. The lowest BCUT2D eigenvalue weighted by Gasteiger charge is -2.04. The number of nitrogens with zero attached hydrogens (tertiary/aromatic N) is 2. The fraction of sp³-hybridized carbons (Fsp3) is 0.143. The van der Waals surface area contributed by atoms with E-state index in [4.69, 9.17) is 0 Å². The van der Waals surface area contributed by atoms with Crippen molar-refractivity contribution in [1.29, 1.82) is 0 Å². The van der Waals surface area contributed by atoms with E-state index >= 15 is 0 Å². The first-order valence-electron chi connectivity index (χ1n) is 8.62. The van der Waals surface area contributed by atoms with Crippen molar-refractivity contribution in [3.05, 3.63) is 83.6 Å². The molecule has 1 aromatic heterocycles. The van der Waals surface area contributed by atoms with Crippen molar-refractivity contribution in [2.75, 3.05) is 5.32 Å². The first kappa shape index (κ1) is 19.3. The molecule has 0 saturated heterocycles. The van der Waals surface area contributed by atoms with Gasteiger partial charge in [0.15, 0.2) is 5.82 Å². The Hall–Kier alpha value is -3.48. The van der Waals surface area contributed by atoms with Gasteiger partial charge in [0.2, 0.25) is 5.91 Å². The summed E-state index contributed by atoms with van der Waals surface area (Å²) in [4.78, 5) is 12.1. The Labute approximate surface area is 161 Å². The molecule has 3 aromatic rings. The molecule has 0 aliphatic rings. The Morgan fingerprint density at radius 1 is 1.18 bits per heavy atom. The van der Waals surface area contributed by atoms with Gasteiger partial charge in [-0.15, -0.1) is 0 Å². The minimum absolute atomic E-state index is 0.0658. The highest BCUT2D eigenvalue weighted by atomic mass is 19.3. The highest BCUT2D eigenvalue weighted by Crippen LogP contribution is 2.16. The number of hydrogen-bond donors (Lipinski definition) is 1. The van der Waals surface area contributed by atoms with Gasteiger partial charge in [0, 0.05) is 17.8 Å². The summed E-state index contributed by atoms with van der Waals surface area (Å²) in [6, 6.07) is 17.7. The van der Waals surface area contributed by atoms with Crippen LogP contribution in [0, 0.1) is 6.92 Å². The number of hydrogen-bond acceptors (Lipinski definition) is 3. The van der Waals surface area contributed by atoms with Crippen LogP contribution >= 0.6 is 0 Å². The largest absolute Gasteiger partial charge is 0.435 e. The van der Waals surface area contributed by atoms with Crippen LogP contribution in [-0.4, -0.2) is 22.3 Å². The summed E-state index contributed by atoms with van der Waals surface area (Å²) in [6.07, 6.45) is 2.93. The monoisotopic (exact) mass is 383 g/mol. The molecule has 0 bridgehead atoms. The van der Waals surface area contributed by atoms with E-state index in [2.05, 4.69) is 15.2 Å². The SMILES string of the molecule is Cc1cc(NC(=O)/C=C\c2ccc(OC(F)F)cc2)nn1Cc1ccccc1. The zero-order valence-corrected chi connectivity index (χ0v) is 15.2. The molecule has 144 valence electrons. The number of amides is 1. The van der Waals surface area contributed by atoms with E-state index in [-0.39, 0.29) is 11.7 Å². The molecule has 0 fully saturated rings. The lowest BCUT2D eigenvalue weighted by molar-refractivity contribution is -0.111. The summed E-state index contributed by atoms with van der Waals surface area (Å²) < 4.78 is 30.4. The number of carbonyl (C=O) groups excluding carboxylic acids is 1. The Balaban J connectivity index is 1.59. The fourth-order valence-corrected chi connectivity index (χ4v) is 2.59. The molecule has 7 heteroatoms. The van der Waals surface area contributed by atoms with Crippen LogP contribution in [0.5, 0.6) is 5.75 Å². The van der Waals surface area contributed by atoms with Gasteiger partial charge in [0.05, 0.1) is 6.54 Å². The van der Waals surface area contributed by atoms with Crippen molar-refractivity contribution in [1.82, 2.24) is 9.78 Å². The van der Waals surface area contributed by atoms with Crippen molar-refractivity contribution in [2.45, 2.75) is 20.1 Å². The van der Waals surface area contributed by atoms with Gasteiger partial charge in [-0.1, -0.05) is 42.5 Å². The lowest BCUT2D eigenvalue weighted by Crippen LogP contribution is -2.09. The van der Waals surface area contributed by atoms with E-state index in [1.807, 2.05) is 41.9 Å². The molecular formula is C21H19F2N3O2. The predicted octanol–water partition coefficient (Wildman–Crippen LogP) is 4.49. The molecule has 5 nitrogen and oxygen atoms in total. The second kappa shape index (κ2) is 8.94. The molecule has 3 rings (SSSR count). The standard InChI is InChI=1S/C21H19F2N3O2/c1-15-13-19(25-26(15)14-17-5-3-2-4-6-17)24-20(27)12-9-16-7-10-18(11-8-16)28-21(22)23/h2-13,21H,14H2,1H3,(H,24,25,27)/b12-9-. The number of halogens is 2. The number of carbonyl (C=O) groups is 1. The van der Waals surface area contributed by atoms with Gasteiger partial charge in [-0.2, -0.15) is 13.9 Å². The second-order valence-electron chi connectivity index (χ2n) is 6.08. The minimum atomic E-state index is -2.86. The highest BCUT2D eigenvalue weighted by molar-refractivity contribution is 6.01. The fourth-order valence-electron chi connectivity index (χ4n) is 2.59. The zero-order valence-electron chi connectivity index (χ0n) is 15.2. The predicted molar refractivity (Wildman–Crippen MR) is 103 cm³/mol. The molecule has 0 aliphatic carbocycles. The second-order valence-corrected chi connectivity index (χ2v) is 6.08. The van der Waals surface area contributed by atoms with E-state index in [1.54, 1.807) is 24.3 Å². The van der Waals surface area contributed by atoms with Crippen LogP contribution in [0.25, 0.3) is 6.08 Å². The maximum absolute atomic E-state index is 12.1. The van der Waals surface area contributed by atoms with Gasteiger partial charge in [-0.05, 0) is 36.3 Å². The van der Waals surface area contributed by atoms with Gasteiger partial charge >= 0.3 is 6.61 Å². The van der Waals surface area contributed by atoms with Gasteiger partial charge in [0.1, 0.15) is 5.75 Å². The Kier molecular flexibility index (Phi) is 6.16. The molecule has 2 aromatic carbocycles. The number of ether oxygens (including phenoxy) is 1. The molecule has 0 radical (unpaired) electrons. The van der Waals surface area contributed by atoms with Crippen LogP contribution in [0.1, 0.15) is 16.8 Å². The molecule has 1 amide bonds. The zero-order chi connectivity index (χ0) is 19.9. The summed E-state index contributed by atoms with van der Waals surface area (Å²) >= 11 is 0. The van der Waals surface area contributed by atoms with Gasteiger partial charge in [-0.3, -0.25) is 9.48 Å². The average molecular weight is 383 g/mol. The molecule has 0 unspecified atom stereocenters. The molecule has 0 spiro atoms. The van der Waals surface area contributed by atoms with E-state index in [9.17, 15) is 13.6 Å². The number of anilines is 1. The third kappa shape index (κ3) is 5.51. The lowest BCUT2D eigenvalue weighted by atomic mass is 10.2. The number of nitrogens with one attached hydrogen (secondary N) is 1. The molecule has 0 atom stereocenters. The van der Waals surface area contributed by atoms with Crippen molar-refractivity contribution in [3.63, 3.8) is 0 Å². The van der Waals surface area contributed by atoms with Gasteiger partial charge in [0.25, 0.3) is 0 Å². The summed E-state index contributed by atoms with van der Waals surface area (Å²) in [6.45, 7) is -0.326. The van der Waals surface area contributed by atoms with Crippen LogP contribution in [0.15, 0.2) is 66.7 Å². The summed E-state index contributed by atoms with van der Waals surface area (Å²) in [5.74, 6) is 0.192. The van der Waals surface area contributed by atoms with Crippen LogP contribution in [0.3, 0.4) is 0 Å². The van der Waals surface area contributed by atoms with Crippen molar-refractivity contribution in [2.24, 2.45) is 0 Å². The number of aromatic nitrogens is 2. The number of rotatable bonds is 7. The van der Waals surface area contributed by atoms with E-state index in [0.29, 0.717) is 17.9 Å². The normalized spacial score (nSPS) is 11.1. The van der Waals surface area contributed by atoms with Crippen molar-refractivity contribution < 1.29 is 18.3 Å². The first-order chi connectivity index (χ1) is 13.5. The third-order valence-electron chi connectivity index (χ3n) is 3.94. The van der Waals surface area contributed by atoms with Gasteiger partial charge in [-0.25, -0.2) is 0 Å². The van der Waals surface area contributed by atoms with Crippen molar-refractivity contribution in [3.8, 4) is 5.75 Å². The first-order valence-corrected chi connectivity index (χ1v) is 8.62. The highest BCUT2D eigenvalue weighted by Gasteiger charge is 2.07. The smallest absolute Gasteiger partial charge is 0.387 e. The molecular weight excluding hydrogens is 364 g/mol. The van der Waals surface area contributed by atoms with Crippen LogP contribution < -0.4 is 10.1 Å². The van der Waals surface area contributed by atoms with Gasteiger partial charge < -0.3 is 10.1 Å². The molecule has 1 heterocycles. The van der Waals surface area contributed by atoms with Crippen molar-refractivity contribution >= 4 is 17.8 Å². The summed E-state index contributed by atoms with van der Waals surface area (Å²) in [5.41, 5.74) is 2.73. The molecule has 0 saturated carbocycles. The average Bonchev–Trinajstić information content (AvgIpc) is 3.00. The summed E-state index contributed by atoms with van der Waals surface area (Å²) in [7, 11) is 0. The number of alkyl halides is 2. The maximum atomic E-state index is 12.1. The maximum Gasteiger partial charge on any atom is 0.387 e. The van der Waals surface area contributed by atoms with Crippen LogP contribution in [-0.2, 0) is 11.3 Å². The summed E-state index contributed by atoms with van der Waals surface area (Å²) in [5, 5.41) is 7.12. The van der Waals surface area contributed by atoms with E-state index in [1.165, 1.54) is 18.2 Å². The number of aryl methyl sites for hydroxylation is 1. The quantitative estimate of drug-likeness (QED) is 0.612. The van der Waals surface area contributed by atoms with E-state index in [0.717, 1.165) is 11.3 Å².